The molecule has 140 valence electrons. The van der Waals surface area contributed by atoms with Crippen LogP contribution in [0, 0.1) is 0 Å². The zero-order valence-corrected chi connectivity index (χ0v) is 14.6. The first-order chi connectivity index (χ1) is 12.0. The third kappa shape index (κ3) is 5.11. The van der Waals surface area contributed by atoms with Gasteiger partial charge in [0.1, 0.15) is 6.54 Å². The summed E-state index contributed by atoms with van der Waals surface area (Å²) in [4.78, 5) is 25.8. The molecule has 1 aromatic carbocycles. The summed E-state index contributed by atoms with van der Waals surface area (Å²) in [6.45, 7) is 4.83. The number of hydrogen-bond acceptors (Lipinski definition) is 3. The minimum absolute atomic E-state index is 0.0507. The van der Waals surface area contributed by atoms with Crippen molar-refractivity contribution in [1.29, 1.82) is 0 Å². The third-order valence-electron chi connectivity index (χ3n) is 3.28. The lowest BCUT2D eigenvalue weighted by Gasteiger charge is -2.26. The topological polar surface area (TPSA) is 62.6 Å². The van der Waals surface area contributed by atoms with Crippen LogP contribution >= 0.6 is 0 Å². The Morgan fingerprint density at radius 3 is 2.35 bits per heavy atom. The molecule has 1 N–H and O–H groups in total. The SMILES string of the molecule is CC(C)(C)NC(=O)CN(C(=O)c1ccco1)c1cccc(C(F)(F)F)c1. The average Bonchev–Trinajstić information content (AvgIpc) is 3.04. The van der Waals surface area contributed by atoms with Crippen molar-refractivity contribution in [2.75, 3.05) is 11.4 Å². The molecule has 5 nitrogen and oxygen atoms in total. The van der Waals surface area contributed by atoms with Crippen molar-refractivity contribution >= 4 is 17.5 Å². The quantitative estimate of drug-likeness (QED) is 0.891. The fraction of sp³-hybridized carbons (Fsp3) is 0.333. The molecular weight excluding hydrogens is 349 g/mol. The van der Waals surface area contributed by atoms with E-state index < -0.39 is 35.6 Å². The highest BCUT2D eigenvalue weighted by Gasteiger charge is 2.32. The van der Waals surface area contributed by atoms with Gasteiger partial charge in [-0.1, -0.05) is 6.07 Å². The molecule has 2 aromatic rings. The highest BCUT2D eigenvalue weighted by Crippen LogP contribution is 2.32. The lowest BCUT2D eigenvalue weighted by Crippen LogP contribution is -2.47. The maximum absolute atomic E-state index is 13.0. The van der Waals surface area contributed by atoms with Gasteiger partial charge in [0, 0.05) is 11.2 Å². The van der Waals surface area contributed by atoms with Crippen molar-refractivity contribution in [3.8, 4) is 0 Å². The van der Waals surface area contributed by atoms with E-state index in [2.05, 4.69) is 5.32 Å². The number of rotatable bonds is 4. The number of carbonyl (C=O) groups is 2. The number of carbonyl (C=O) groups excluding carboxylic acids is 2. The minimum Gasteiger partial charge on any atom is -0.459 e. The van der Waals surface area contributed by atoms with Gasteiger partial charge in [0.05, 0.1) is 11.8 Å². The predicted octanol–water partition coefficient (Wildman–Crippen LogP) is 3.86. The van der Waals surface area contributed by atoms with Gasteiger partial charge in [0.25, 0.3) is 5.91 Å². The molecule has 2 rings (SSSR count). The summed E-state index contributed by atoms with van der Waals surface area (Å²) in [5.74, 6) is -1.29. The second kappa shape index (κ2) is 7.23. The van der Waals surface area contributed by atoms with E-state index in [1.54, 1.807) is 20.8 Å². The Kier molecular flexibility index (Phi) is 5.44. The van der Waals surface area contributed by atoms with Gasteiger partial charge in [0.15, 0.2) is 5.76 Å². The zero-order valence-electron chi connectivity index (χ0n) is 14.6. The van der Waals surface area contributed by atoms with Crippen molar-refractivity contribution in [3.05, 3.63) is 54.0 Å². The normalized spacial score (nSPS) is 11.9. The third-order valence-corrected chi connectivity index (χ3v) is 3.28. The summed E-state index contributed by atoms with van der Waals surface area (Å²) < 4.78 is 44.0. The number of anilines is 1. The van der Waals surface area contributed by atoms with Crippen LogP contribution in [0.2, 0.25) is 0 Å². The Morgan fingerprint density at radius 1 is 1.12 bits per heavy atom. The Labute approximate surface area is 148 Å². The molecule has 0 unspecified atom stereocenters. The van der Waals surface area contributed by atoms with E-state index in [0.29, 0.717) is 0 Å². The molecule has 1 aromatic heterocycles. The fourth-order valence-electron chi connectivity index (χ4n) is 2.27. The number of furan rings is 1. The van der Waals surface area contributed by atoms with E-state index in [4.69, 9.17) is 4.42 Å². The summed E-state index contributed by atoms with van der Waals surface area (Å²) >= 11 is 0. The van der Waals surface area contributed by atoms with Crippen LogP contribution in [0.15, 0.2) is 47.1 Å². The summed E-state index contributed by atoms with van der Waals surface area (Å²) in [6.07, 6.45) is -3.30. The first-order valence-electron chi connectivity index (χ1n) is 7.81. The van der Waals surface area contributed by atoms with Crippen LogP contribution in [-0.2, 0) is 11.0 Å². The molecular formula is C18H19F3N2O3. The molecule has 0 saturated heterocycles. The summed E-state index contributed by atoms with van der Waals surface area (Å²) in [6, 6.07) is 7.10. The second-order valence-electron chi connectivity index (χ2n) is 6.71. The maximum atomic E-state index is 13.0. The molecule has 26 heavy (non-hydrogen) atoms. The molecule has 0 saturated carbocycles. The molecule has 0 spiro atoms. The molecule has 8 heteroatoms. The van der Waals surface area contributed by atoms with Crippen LogP contribution in [0.5, 0.6) is 0 Å². The van der Waals surface area contributed by atoms with Crippen LogP contribution in [0.25, 0.3) is 0 Å². The van der Waals surface area contributed by atoms with Crippen LogP contribution in [0.4, 0.5) is 18.9 Å². The lowest BCUT2D eigenvalue weighted by atomic mass is 10.1. The van der Waals surface area contributed by atoms with Crippen LogP contribution < -0.4 is 10.2 Å². The first-order valence-corrected chi connectivity index (χ1v) is 7.81. The Balaban J connectivity index is 2.38. The highest BCUT2D eigenvalue weighted by atomic mass is 19.4. The second-order valence-corrected chi connectivity index (χ2v) is 6.71. The number of amides is 2. The van der Waals surface area contributed by atoms with Crippen molar-refractivity contribution in [3.63, 3.8) is 0 Å². The maximum Gasteiger partial charge on any atom is 0.416 e. The molecule has 2 amide bonds. The number of hydrogen-bond donors (Lipinski definition) is 1. The van der Waals surface area contributed by atoms with E-state index in [-0.39, 0.29) is 11.4 Å². The molecule has 0 aliphatic carbocycles. The van der Waals surface area contributed by atoms with Gasteiger partial charge in [0.2, 0.25) is 5.91 Å². The number of benzene rings is 1. The molecule has 0 atom stereocenters. The number of alkyl halides is 3. The minimum atomic E-state index is -4.57. The fourth-order valence-corrected chi connectivity index (χ4v) is 2.27. The summed E-state index contributed by atoms with van der Waals surface area (Å²) in [7, 11) is 0. The van der Waals surface area contributed by atoms with Crippen LogP contribution in [0.1, 0.15) is 36.9 Å². The van der Waals surface area contributed by atoms with E-state index in [0.717, 1.165) is 17.0 Å². The van der Waals surface area contributed by atoms with Gasteiger partial charge in [-0.2, -0.15) is 13.2 Å². The molecule has 0 aliphatic heterocycles. The molecule has 1 heterocycles. The van der Waals surface area contributed by atoms with E-state index >= 15 is 0 Å². The Bertz CT molecular complexity index is 778. The van der Waals surface area contributed by atoms with Gasteiger partial charge in [-0.3, -0.25) is 14.5 Å². The number of halogens is 3. The van der Waals surface area contributed by atoms with E-state index in [9.17, 15) is 22.8 Å². The molecule has 0 aliphatic rings. The Morgan fingerprint density at radius 2 is 1.81 bits per heavy atom. The predicted molar refractivity (Wildman–Crippen MR) is 89.7 cm³/mol. The van der Waals surface area contributed by atoms with Gasteiger partial charge in [-0.25, -0.2) is 0 Å². The zero-order chi connectivity index (χ0) is 19.5. The Hall–Kier alpha value is -2.77. The molecule has 0 fully saturated rings. The molecule has 0 bridgehead atoms. The smallest absolute Gasteiger partial charge is 0.416 e. The largest absolute Gasteiger partial charge is 0.459 e. The first kappa shape index (κ1) is 19.6. The summed E-state index contributed by atoms with van der Waals surface area (Å²) in [5, 5.41) is 2.68. The van der Waals surface area contributed by atoms with Crippen LogP contribution in [-0.4, -0.2) is 23.9 Å². The standard InChI is InChI=1S/C18H19F3N2O3/c1-17(2,3)22-15(24)11-23(16(25)14-8-5-9-26-14)13-7-4-6-12(10-13)18(19,20)21/h4-10H,11H2,1-3H3,(H,22,24). The number of nitrogens with zero attached hydrogens (tertiary/aromatic N) is 1. The van der Waals surface area contributed by atoms with E-state index in [1.165, 1.54) is 30.5 Å². The van der Waals surface area contributed by atoms with Gasteiger partial charge >= 0.3 is 6.18 Å². The number of nitrogens with one attached hydrogen (secondary N) is 1. The van der Waals surface area contributed by atoms with Crippen molar-refractivity contribution < 1.29 is 27.2 Å². The highest BCUT2D eigenvalue weighted by molar-refractivity contribution is 6.07. The lowest BCUT2D eigenvalue weighted by molar-refractivity contribution is -0.137. The van der Waals surface area contributed by atoms with E-state index in [1.807, 2.05) is 0 Å². The molecule has 0 radical (unpaired) electrons. The van der Waals surface area contributed by atoms with Crippen molar-refractivity contribution in [2.45, 2.75) is 32.5 Å². The van der Waals surface area contributed by atoms with Crippen molar-refractivity contribution in [2.24, 2.45) is 0 Å². The van der Waals surface area contributed by atoms with Crippen molar-refractivity contribution in [1.82, 2.24) is 5.32 Å². The monoisotopic (exact) mass is 368 g/mol. The van der Waals surface area contributed by atoms with Gasteiger partial charge in [-0.05, 0) is 51.1 Å². The van der Waals surface area contributed by atoms with Crippen LogP contribution in [0.3, 0.4) is 0 Å². The van der Waals surface area contributed by atoms with Gasteiger partial charge < -0.3 is 9.73 Å². The average molecular weight is 368 g/mol. The summed E-state index contributed by atoms with van der Waals surface area (Å²) in [5.41, 5.74) is -1.52. The van der Waals surface area contributed by atoms with Gasteiger partial charge in [-0.15, -0.1) is 0 Å².